The maximum Gasteiger partial charge on any atom is 0.129 e. The van der Waals surface area contributed by atoms with Crippen molar-refractivity contribution in [1.29, 1.82) is 0 Å². The molecule has 0 amide bonds. The van der Waals surface area contributed by atoms with Gasteiger partial charge in [-0.2, -0.15) is 5.10 Å². The zero-order valence-electron chi connectivity index (χ0n) is 9.67. The second-order valence-electron chi connectivity index (χ2n) is 3.81. The molecule has 0 fully saturated rings. The summed E-state index contributed by atoms with van der Waals surface area (Å²) in [5, 5.41) is 4.65. The monoisotopic (exact) mass is 253 g/mol. The molecule has 3 nitrogen and oxygen atoms in total. The highest BCUT2D eigenvalue weighted by Crippen LogP contribution is 2.35. The van der Waals surface area contributed by atoms with Crippen LogP contribution in [0.3, 0.4) is 0 Å². The van der Waals surface area contributed by atoms with Crippen molar-refractivity contribution < 1.29 is 4.39 Å². The highest BCUT2D eigenvalue weighted by atomic mass is 35.5. The number of nitrogen functional groups attached to an aromatic ring is 1. The lowest BCUT2D eigenvalue weighted by Crippen LogP contribution is -1.98. The summed E-state index contributed by atoms with van der Waals surface area (Å²) in [5.74, 6) is 0.176. The van der Waals surface area contributed by atoms with Crippen LogP contribution in [-0.2, 0) is 13.5 Å². The molecule has 0 radical (unpaired) electrons. The number of rotatable bonds is 2. The SMILES string of the molecule is CCc1nn(C)c(N)c1-c1ccc(F)cc1Cl. The second kappa shape index (κ2) is 4.37. The Balaban J connectivity index is 2.67. The highest BCUT2D eigenvalue weighted by molar-refractivity contribution is 6.33. The largest absolute Gasteiger partial charge is 0.383 e. The number of anilines is 1. The molecule has 0 unspecified atom stereocenters. The van der Waals surface area contributed by atoms with Gasteiger partial charge in [0, 0.05) is 18.2 Å². The highest BCUT2D eigenvalue weighted by Gasteiger charge is 2.17. The van der Waals surface area contributed by atoms with Gasteiger partial charge in [-0.05, 0) is 24.6 Å². The third-order valence-electron chi connectivity index (χ3n) is 2.70. The van der Waals surface area contributed by atoms with Gasteiger partial charge in [0.25, 0.3) is 0 Å². The Labute approximate surface area is 104 Å². The predicted octanol–water partition coefficient (Wildman–Crippen LogP) is 3.02. The predicted molar refractivity (Wildman–Crippen MR) is 67.4 cm³/mol. The summed E-state index contributed by atoms with van der Waals surface area (Å²) in [6.45, 7) is 1.99. The Bertz CT molecular complexity index is 563. The summed E-state index contributed by atoms with van der Waals surface area (Å²) < 4.78 is 14.6. The molecule has 2 aromatic rings. The van der Waals surface area contributed by atoms with Crippen molar-refractivity contribution in [2.24, 2.45) is 7.05 Å². The average Bonchev–Trinajstić information content (AvgIpc) is 2.56. The maximum absolute atomic E-state index is 13.0. The van der Waals surface area contributed by atoms with Crippen LogP contribution in [0.1, 0.15) is 12.6 Å². The van der Waals surface area contributed by atoms with E-state index in [4.69, 9.17) is 17.3 Å². The molecule has 1 aromatic heterocycles. The number of hydrogen-bond donors (Lipinski definition) is 1. The van der Waals surface area contributed by atoms with E-state index in [2.05, 4.69) is 5.10 Å². The summed E-state index contributed by atoms with van der Waals surface area (Å²) >= 11 is 6.04. The van der Waals surface area contributed by atoms with Gasteiger partial charge in [0.05, 0.1) is 10.7 Å². The number of halogens is 2. The Hall–Kier alpha value is -1.55. The lowest BCUT2D eigenvalue weighted by atomic mass is 10.0. The number of aromatic nitrogens is 2. The topological polar surface area (TPSA) is 43.8 Å². The van der Waals surface area contributed by atoms with E-state index in [1.165, 1.54) is 12.1 Å². The molecule has 2 rings (SSSR count). The smallest absolute Gasteiger partial charge is 0.129 e. The van der Waals surface area contributed by atoms with Gasteiger partial charge < -0.3 is 5.73 Å². The molecule has 0 saturated heterocycles. The van der Waals surface area contributed by atoms with Crippen LogP contribution in [-0.4, -0.2) is 9.78 Å². The number of benzene rings is 1. The number of nitrogens with two attached hydrogens (primary N) is 1. The zero-order valence-corrected chi connectivity index (χ0v) is 10.4. The van der Waals surface area contributed by atoms with Crippen molar-refractivity contribution >= 4 is 17.4 Å². The fourth-order valence-corrected chi connectivity index (χ4v) is 2.09. The van der Waals surface area contributed by atoms with Crippen LogP contribution in [0.15, 0.2) is 18.2 Å². The van der Waals surface area contributed by atoms with Crippen molar-refractivity contribution in [3.05, 3.63) is 34.7 Å². The van der Waals surface area contributed by atoms with E-state index in [1.54, 1.807) is 17.8 Å². The normalized spacial score (nSPS) is 10.8. The van der Waals surface area contributed by atoms with Gasteiger partial charge in [-0.25, -0.2) is 4.39 Å². The average molecular weight is 254 g/mol. The van der Waals surface area contributed by atoms with Crippen molar-refractivity contribution in [1.82, 2.24) is 9.78 Å². The minimum absolute atomic E-state index is 0.347. The Morgan fingerprint density at radius 2 is 2.18 bits per heavy atom. The van der Waals surface area contributed by atoms with Crippen molar-refractivity contribution in [2.75, 3.05) is 5.73 Å². The fourth-order valence-electron chi connectivity index (χ4n) is 1.83. The second-order valence-corrected chi connectivity index (χ2v) is 4.22. The third kappa shape index (κ3) is 2.00. The van der Waals surface area contributed by atoms with Crippen LogP contribution >= 0.6 is 11.6 Å². The van der Waals surface area contributed by atoms with Gasteiger partial charge in [-0.15, -0.1) is 0 Å². The van der Waals surface area contributed by atoms with Gasteiger partial charge in [-0.3, -0.25) is 4.68 Å². The molecule has 2 N–H and O–H groups in total. The van der Waals surface area contributed by atoms with E-state index in [0.717, 1.165) is 23.2 Å². The Morgan fingerprint density at radius 1 is 1.47 bits per heavy atom. The van der Waals surface area contributed by atoms with Crippen LogP contribution in [0.2, 0.25) is 5.02 Å². The minimum Gasteiger partial charge on any atom is -0.383 e. The molecular formula is C12H13ClFN3. The zero-order chi connectivity index (χ0) is 12.6. The van der Waals surface area contributed by atoms with Gasteiger partial charge in [-0.1, -0.05) is 18.5 Å². The van der Waals surface area contributed by atoms with Crippen LogP contribution < -0.4 is 5.73 Å². The number of nitrogens with zero attached hydrogens (tertiary/aromatic N) is 2. The summed E-state index contributed by atoms with van der Waals surface area (Å²) in [6, 6.07) is 4.28. The molecule has 0 aliphatic heterocycles. The van der Waals surface area contributed by atoms with Gasteiger partial charge in [0.15, 0.2) is 0 Å². The standard InChI is InChI=1S/C12H13ClFN3/c1-3-10-11(12(15)17(2)16-10)8-5-4-7(14)6-9(8)13/h4-6H,3,15H2,1-2H3. The molecule has 0 aliphatic rings. The summed E-state index contributed by atoms with van der Waals surface area (Å²) in [6.07, 6.45) is 0.744. The molecular weight excluding hydrogens is 241 g/mol. The minimum atomic E-state index is -0.362. The van der Waals surface area contributed by atoms with E-state index in [9.17, 15) is 4.39 Å². The van der Waals surface area contributed by atoms with Crippen molar-refractivity contribution in [3.63, 3.8) is 0 Å². The molecule has 0 bridgehead atoms. The Kier molecular flexibility index (Phi) is 3.07. The molecule has 0 spiro atoms. The van der Waals surface area contributed by atoms with Gasteiger partial charge >= 0.3 is 0 Å². The summed E-state index contributed by atoms with van der Waals surface area (Å²) in [7, 11) is 1.77. The van der Waals surface area contributed by atoms with Gasteiger partial charge in [0.2, 0.25) is 0 Å². The lowest BCUT2D eigenvalue weighted by molar-refractivity contribution is 0.628. The van der Waals surface area contributed by atoms with Crippen LogP contribution in [0.5, 0.6) is 0 Å². The van der Waals surface area contributed by atoms with Crippen molar-refractivity contribution in [2.45, 2.75) is 13.3 Å². The molecule has 1 aromatic carbocycles. The Morgan fingerprint density at radius 3 is 2.76 bits per heavy atom. The number of aryl methyl sites for hydroxylation is 2. The molecule has 90 valence electrons. The molecule has 1 heterocycles. The van der Waals surface area contributed by atoms with E-state index in [-0.39, 0.29) is 5.82 Å². The molecule has 0 atom stereocenters. The van der Waals surface area contributed by atoms with Crippen LogP contribution in [0.4, 0.5) is 10.2 Å². The third-order valence-corrected chi connectivity index (χ3v) is 3.01. The molecule has 17 heavy (non-hydrogen) atoms. The molecule has 5 heteroatoms. The quantitative estimate of drug-likeness (QED) is 0.894. The first kappa shape index (κ1) is 11.9. The first-order chi connectivity index (χ1) is 8.04. The summed E-state index contributed by atoms with van der Waals surface area (Å²) in [4.78, 5) is 0. The maximum atomic E-state index is 13.0. The molecule has 0 saturated carbocycles. The van der Waals surface area contributed by atoms with Gasteiger partial charge in [0.1, 0.15) is 11.6 Å². The van der Waals surface area contributed by atoms with E-state index < -0.39 is 0 Å². The van der Waals surface area contributed by atoms with Crippen molar-refractivity contribution in [3.8, 4) is 11.1 Å². The first-order valence-corrected chi connectivity index (χ1v) is 5.69. The van der Waals surface area contributed by atoms with E-state index in [1.807, 2.05) is 6.92 Å². The summed E-state index contributed by atoms with van der Waals surface area (Å²) in [5.41, 5.74) is 8.34. The van der Waals surface area contributed by atoms with E-state index in [0.29, 0.717) is 10.8 Å². The van der Waals surface area contributed by atoms with Crippen LogP contribution in [0.25, 0.3) is 11.1 Å². The lowest BCUT2D eigenvalue weighted by Gasteiger charge is -2.05. The first-order valence-electron chi connectivity index (χ1n) is 5.31. The van der Waals surface area contributed by atoms with Crippen LogP contribution in [0, 0.1) is 5.82 Å². The molecule has 0 aliphatic carbocycles. The fraction of sp³-hybridized carbons (Fsp3) is 0.250. The van der Waals surface area contributed by atoms with E-state index >= 15 is 0 Å². The number of hydrogen-bond acceptors (Lipinski definition) is 2.